The Morgan fingerprint density at radius 2 is 2.05 bits per heavy atom. The smallest absolute Gasteiger partial charge is 0.357 e. The number of carboxylic acids is 1. The van der Waals surface area contributed by atoms with Crippen LogP contribution in [0.1, 0.15) is 43.4 Å². The van der Waals surface area contributed by atoms with E-state index in [-0.39, 0.29) is 18.2 Å². The first-order valence-corrected chi connectivity index (χ1v) is 7.95. The third kappa shape index (κ3) is 4.51. The highest BCUT2D eigenvalue weighted by Gasteiger charge is 2.31. The van der Waals surface area contributed by atoms with Crippen LogP contribution >= 0.6 is 0 Å². The number of aliphatic hydroxyl groups is 1. The molecule has 0 amide bonds. The number of nitrogens with one attached hydrogen (secondary N) is 2. The maximum absolute atomic E-state index is 12.2. The molecule has 0 aliphatic heterocycles. The van der Waals surface area contributed by atoms with E-state index in [1.807, 2.05) is 13.8 Å². The summed E-state index contributed by atoms with van der Waals surface area (Å²) in [5.74, 6) is -1.25. The standard InChI is InChI=1S/C12H21N3O5S/c1-7(2)5-12(4,18)6-13-21(19,20)10-8(3)14-15-9(10)11(16)17/h7,13,18H,5-6H2,1-4H3,(H,14,15)(H,16,17). The van der Waals surface area contributed by atoms with Gasteiger partial charge in [0.15, 0.2) is 5.69 Å². The van der Waals surface area contributed by atoms with E-state index in [1.165, 1.54) is 13.8 Å². The molecule has 1 aromatic heterocycles. The lowest BCUT2D eigenvalue weighted by Gasteiger charge is -2.25. The van der Waals surface area contributed by atoms with Crippen LogP contribution in [0.25, 0.3) is 0 Å². The molecule has 9 heteroatoms. The Kier molecular flexibility index (Phi) is 5.13. The largest absolute Gasteiger partial charge is 0.476 e. The van der Waals surface area contributed by atoms with Gasteiger partial charge in [0.2, 0.25) is 10.0 Å². The molecule has 0 spiro atoms. The lowest BCUT2D eigenvalue weighted by molar-refractivity contribution is 0.0436. The van der Waals surface area contributed by atoms with E-state index in [4.69, 9.17) is 5.11 Å². The summed E-state index contributed by atoms with van der Waals surface area (Å²) in [6.45, 7) is 6.55. The van der Waals surface area contributed by atoms with Gasteiger partial charge in [-0.2, -0.15) is 5.10 Å². The van der Waals surface area contributed by atoms with Gasteiger partial charge in [0.1, 0.15) is 4.90 Å². The highest BCUT2D eigenvalue weighted by Crippen LogP contribution is 2.20. The van der Waals surface area contributed by atoms with E-state index in [0.29, 0.717) is 6.42 Å². The number of nitrogens with zero attached hydrogens (tertiary/aromatic N) is 1. The second kappa shape index (κ2) is 6.12. The van der Waals surface area contributed by atoms with Crippen molar-refractivity contribution >= 4 is 16.0 Å². The van der Waals surface area contributed by atoms with Gasteiger partial charge in [-0.15, -0.1) is 0 Å². The van der Waals surface area contributed by atoms with Crippen molar-refractivity contribution in [1.82, 2.24) is 14.9 Å². The Labute approximate surface area is 123 Å². The molecule has 1 unspecified atom stereocenters. The number of hydrogen-bond acceptors (Lipinski definition) is 5. The van der Waals surface area contributed by atoms with Crippen molar-refractivity contribution in [2.75, 3.05) is 6.54 Å². The highest BCUT2D eigenvalue weighted by atomic mass is 32.2. The molecule has 0 bridgehead atoms. The van der Waals surface area contributed by atoms with E-state index >= 15 is 0 Å². The lowest BCUT2D eigenvalue weighted by Crippen LogP contribution is -2.41. The van der Waals surface area contributed by atoms with Gasteiger partial charge in [-0.1, -0.05) is 13.8 Å². The Morgan fingerprint density at radius 3 is 2.52 bits per heavy atom. The first kappa shape index (κ1) is 17.6. The Morgan fingerprint density at radius 1 is 1.48 bits per heavy atom. The van der Waals surface area contributed by atoms with Crippen LogP contribution < -0.4 is 4.72 Å². The molecule has 0 radical (unpaired) electrons. The SMILES string of the molecule is Cc1[nH]nc(C(=O)O)c1S(=O)(=O)NCC(C)(O)CC(C)C. The van der Waals surface area contributed by atoms with Crippen LogP contribution in [0.2, 0.25) is 0 Å². The molecule has 0 aromatic carbocycles. The molecule has 0 aliphatic rings. The van der Waals surface area contributed by atoms with Crippen molar-refractivity contribution in [2.45, 2.75) is 44.6 Å². The maximum atomic E-state index is 12.2. The van der Waals surface area contributed by atoms with Crippen molar-refractivity contribution in [3.63, 3.8) is 0 Å². The van der Waals surface area contributed by atoms with Crippen LogP contribution in [-0.4, -0.2) is 46.9 Å². The zero-order chi connectivity index (χ0) is 16.4. The van der Waals surface area contributed by atoms with E-state index in [0.717, 1.165) is 0 Å². The third-order valence-corrected chi connectivity index (χ3v) is 4.41. The summed E-state index contributed by atoms with van der Waals surface area (Å²) in [5.41, 5.74) is -1.66. The van der Waals surface area contributed by atoms with Crippen molar-refractivity contribution in [3.05, 3.63) is 11.4 Å². The Balaban J connectivity index is 2.98. The van der Waals surface area contributed by atoms with Crippen molar-refractivity contribution in [3.8, 4) is 0 Å². The molecule has 0 aliphatic carbocycles. The molecule has 1 aromatic rings. The minimum absolute atomic E-state index is 0.128. The fourth-order valence-corrected chi connectivity index (χ4v) is 3.65. The Bertz CT molecular complexity index is 619. The molecule has 1 atom stereocenters. The second-order valence-electron chi connectivity index (χ2n) is 5.75. The van der Waals surface area contributed by atoms with Gasteiger partial charge in [-0.05, 0) is 26.2 Å². The monoisotopic (exact) mass is 319 g/mol. The molecule has 120 valence electrons. The number of carboxylic acid groups (broad SMARTS) is 1. The first-order chi connectivity index (χ1) is 9.46. The van der Waals surface area contributed by atoms with Crippen LogP contribution in [0.4, 0.5) is 0 Å². The fourth-order valence-electron chi connectivity index (χ4n) is 2.17. The maximum Gasteiger partial charge on any atom is 0.357 e. The fraction of sp³-hybridized carbons (Fsp3) is 0.667. The molecule has 8 nitrogen and oxygen atoms in total. The van der Waals surface area contributed by atoms with E-state index in [9.17, 15) is 18.3 Å². The predicted octanol–water partition coefficient (Wildman–Crippen LogP) is 0.492. The van der Waals surface area contributed by atoms with Crippen LogP contribution in [-0.2, 0) is 10.0 Å². The van der Waals surface area contributed by atoms with Crippen molar-refractivity contribution < 1.29 is 23.4 Å². The topological polar surface area (TPSA) is 132 Å². The summed E-state index contributed by atoms with van der Waals surface area (Å²) in [5, 5.41) is 24.9. The molecule has 0 saturated carbocycles. The van der Waals surface area contributed by atoms with Gasteiger partial charge in [0, 0.05) is 6.54 Å². The molecule has 4 N–H and O–H groups in total. The minimum atomic E-state index is -4.08. The summed E-state index contributed by atoms with van der Waals surface area (Å²) in [6.07, 6.45) is 0.408. The van der Waals surface area contributed by atoms with E-state index < -0.39 is 32.2 Å². The average molecular weight is 319 g/mol. The molecule has 0 fully saturated rings. The van der Waals surface area contributed by atoms with Gasteiger partial charge < -0.3 is 10.2 Å². The number of H-pyrrole nitrogens is 1. The van der Waals surface area contributed by atoms with Gasteiger partial charge in [-0.3, -0.25) is 5.10 Å². The number of carbonyl (C=O) groups is 1. The zero-order valence-corrected chi connectivity index (χ0v) is 13.3. The normalized spacial score (nSPS) is 15.1. The molecule has 1 heterocycles. The van der Waals surface area contributed by atoms with Crippen LogP contribution in [0.15, 0.2) is 4.90 Å². The number of sulfonamides is 1. The number of aromatic nitrogens is 2. The molecule has 1 rings (SSSR count). The van der Waals surface area contributed by atoms with Crippen molar-refractivity contribution in [2.24, 2.45) is 5.92 Å². The highest BCUT2D eigenvalue weighted by molar-refractivity contribution is 7.89. The van der Waals surface area contributed by atoms with Crippen LogP contribution in [0.3, 0.4) is 0 Å². The van der Waals surface area contributed by atoms with Crippen molar-refractivity contribution in [1.29, 1.82) is 0 Å². The molecular weight excluding hydrogens is 298 g/mol. The summed E-state index contributed by atoms with van der Waals surface area (Å²) in [7, 11) is -4.08. The minimum Gasteiger partial charge on any atom is -0.476 e. The molecule has 0 saturated heterocycles. The summed E-state index contributed by atoms with van der Waals surface area (Å²) >= 11 is 0. The van der Waals surface area contributed by atoms with Gasteiger partial charge in [-0.25, -0.2) is 17.9 Å². The number of aromatic carboxylic acids is 1. The number of aryl methyl sites for hydroxylation is 1. The number of hydrogen-bond donors (Lipinski definition) is 4. The van der Waals surface area contributed by atoms with Gasteiger partial charge in [0.25, 0.3) is 0 Å². The molecular formula is C12H21N3O5S. The third-order valence-electron chi connectivity index (χ3n) is 2.85. The van der Waals surface area contributed by atoms with E-state index in [1.54, 1.807) is 0 Å². The number of aromatic amines is 1. The zero-order valence-electron chi connectivity index (χ0n) is 12.5. The quantitative estimate of drug-likeness (QED) is 0.578. The second-order valence-corrected chi connectivity index (χ2v) is 7.45. The van der Waals surface area contributed by atoms with Gasteiger partial charge in [0.05, 0.1) is 11.3 Å². The van der Waals surface area contributed by atoms with Crippen LogP contribution in [0, 0.1) is 12.8 Å². The Hall–Kier alpha value is -1.45. The summed E-state index contributed by atoms with van der Waals surface area (Å²) < 4.78 is 26.7. The predicted molar refractivity (Wildman–Crippen MR) is 75.6 cm³/mol. The average Bonchev–Trinajstić information content (AvgIpc) is 2.68. The van der Waals surface area contributed by atoms with E-state index in [2.05, 4.69) is 14.9 Å². The van der Waals surface area contributed by atoms with Gasteiger partial charge >= 0.3 is 5.97 Å². The first-order valence-electron chi connectivity index (χ1n) is 6.46. The molecule has 21 heavy (non-hydrogen) atoms. The number of rotatable bonds is 7. The summed E-state index contributed by atoms with van der Waals surface area (Å²) in [4.78, 5) is 10.6. The summed E-state index contributed by atoms with van der Waals surface area (Å²) in [6, 6.07) is 0. The van der Waals surface area contributed by atoms with Crippen LogP contribution in [0.5, 0.6) is 0 Å². The lowest BCUT2D eigenvalue weighted by atomic mass is 9.95.